The SMILES string of the molecule is CC1C2CNCC2CN1CC(=O)Nc1sccc1C#N. The molecule has 2 aliphatic heterocycles. The summed E-state index contributed by atoms with van der Waals surface area (Å²) in [6.45, 7) is 5.74. The van der Waals surface area contributed by atoms with Gasteiger partial charge in [-0.15, -0.1) is 11.3 Å². The Labute approximate surface area is 122 Å². The normalized spacial score (nSPS) is 29.1. The largest absolute Gasteiger partial charge is 0.316 e. The van der Waals surface area contributed by atoms with E-state index in [1.54, 1.807) is 6.07 Å². The molecule has 0 aliphatic carbocycles. The molecule has 3 atom stereocenters. The molecule has 2 saturated heterocycles. The number of thiophene rings is 1. The van der Waals surface area contributed by atoms with Gasteiger partial charge in [-0.3, -0.25) is 9.69 Å². The van der Waals surface area contributed by atoms with Crippen LogP contribution in [0.2, 0.25) is 0 Å². The summed E-state index contributed by atoms with van der Waals surface area (Å²) >= 11 is 1.39. The Bertz CT molecular complexity index is 550. The lowest BCUT2D eigenvalue weighted by Crippen LogP contribution is -2.38. The molecule has 3 heterocycles. The van der Waals surface area contributed by atoms with E-state index >= 15 is 0 Å². The molecule has 0 bridgehead atoms. The highest BCUT2D eigenvalue weighted by Gasteiger charge is 2.42. The highest BCUT2D eigenvalue weighted by atomic mass is 32.1. The summed E-state index contributed by atoms with van der Waals surface area (Å²) in [6.07, 6.45) is 0. The average molecular weight is 290 g/mol. The van der Waals surface area contributed by atoms with E-state index in [2.05, 4.69) is 28.5 Å². The van der Waals surface area contributed by atoms with E-state index < -0.39 is 0 Å². The number of anilines is 1. The first-order chi connectivity index (χ1) is 9.69. The lowest BCUT2D eigenvalue weighted by atomic mass is 9.95. The first kappa shape index (κ1) is 13.6. The molecule has 1 aromatic heterocycles. The van der Waals surface area contributed by atoms with Crippen molar-refractivity contribution in [3.05, 3.63) is 17.0 Å². The molecule has 2 fully saturated rings. The minimum atomic E-state index is -0.0243. The second-order valence-corrected chi connectivity index (χ2v) is 6.49. The zero-order valence-corrected chi connectivity index (χ0v) is 12.2. The average Bonchev–Trinajstić information content (AvgIpc) is 3.10. The Morgan fingerprint density at radius 1 is 1.65 bits per heavy atom. The van der Waals surface area contributed by atoms with Gasteiger partial charge in [-0.2, -0.15) is 5.26 Å². The van der Waals surface area contributed by atoms with E-state index in [1.807, 2.05) is 5.38 Å². The van der Waals surface area contributed by atoms with Crippen LogP contribution in [0.1, 0.15) is 12.5 Å². The molecule has 1 aromatic rings. The predicted octanol–water partition coefficient (Wildman–Crippen LogP) is 1.10. The Morgan fingerprint density at radius 3 is 3.25 bits per heavy atom. The van der Waals surface area contributed by atoms with Gasteiger partial charge >= 0.3 is 0 Å². The molecule has 20 heavy (non-hydrogen) atoms. The molecule has 3 unspecified atom stereocenters. The summed E-state index contributed by atoms with van der Waals surface area (Å²) in [7, 11) is 0. The van der Waals surface area contributed by atoms with Crippen LogP contribution < -0.4 is 10.6 Å². The van der Waals surface area contributed by atoms with Gasteiger partial charge in [0, 0.05) is 12.6 Å². The topological polar surface area (TPSA) is 68.2 Å². The molecule has 2 N–H and O–H groups in total. The summed E-state index contributed by atoms with van der Waals surface area (Å²) in [4.78, 5) is 14.4. The smallest absolute Gasteiger partial charge is 0.239 e. The Balaban J connectivity index is 1.59. The van der Waals surface area contributed by atoms with Crippen molar-refractivity contribution >= 4 is 22.2 Å². The van der Waals surface area contributed by atoms with Crippen LogP contribution in [0.5, 0.6) is 0 Å². The molecule has 106 valence electrons. The van der Waals surface area contributed by atoms with Crippen LogP contribution in [-0.4, -0.2) is 43.0 Å². The number of fused-ring (bicyclic) bond motifs is 1. The first-order valence-corrected chi connectivity index (χ1v) is 7.79. The number of nitriles is 1. The van der Waals surface area contributed by atoms with Gasteiger partial charge in [-0.05, 0) is 43.3 Å². The van der Waals surface area contributed by atoms with Crippen molar-refractivity contribution in [3.63, 3.8) is 0 Å². The van der Waals surface area contributed by atoms with Crippen molar-refractivity contribution in [3.8, 4) is 6.07 Å². The van der Waals surface area contributed by atoms with Crippen molar-refractivity contribution in [1.82, 2.24) is 10.2 Å². The third-order valence-corrected chi connectivity index (χ3v) is 5.27. The third-order valence-electron chi connectivity index (χ3n) is 4.44. The lowest BCUT2D eigenvalue weighted by Gasteiger charge is -2.23. The maximum absolute atomic E-state index is 12.1. The molecule has 5 nitrogen and oxygen atoms in total. The highest BCUT2D eigenvalue weighted by Crippen LogP contribution is 2.32. The summed E-state index contributed by atoms with van der Waals surface area (Å²) < 4.78 is 0. The zero-order chi connectivity index (χ0) is 14.1. The van der Waals surface area contributed by atoms with E-state index in [0.29, 0.717) is 35.0 Å². The van der Waals surface area contributed by atoms with Crippen LogP contribution in [0.15, 0.2) is 11.4 Å². The van der Waals surface area contributed by atoms with E-state index in [9.17, 15) is 4.79 Å². The molecule has 1 amide bonds. The van der Waals surface area contributed by atoms with Gasteiger partial charge in [-0.25, -0.2) is 0 Å². The number of nitrogens with zero attached hydrogens (tertiary/aromatic N) is 2. The van der Waals surface area contributed by atoms with Gasteiger partial charge in [0.1, 0.15) is 11.1 Å². The molecule has 0 aromatic carbocycles. The van der Waals surface area contributed by atoms with E-state index in [1.165, 1.54) is 11.3 Å². The number of carbonyl (C=O) groups is 1. The summed E-state index contributed by atoms with van der Waals surface area (Å²) in [5, 5.41) is 17.7. The maximum atomic E-state index is 12.1. The van der Waals surface area contributed by atoms with Gasteiger partial charge in [-0.1, -0.05) is 0 Å². The molecule has 0 spiro atoms. The Morgan fingerprint density at radius 2 is 2.50 bits per heavy atom. The summed E-state index contributed by atoms with van der Waals surface area (Å²) in [6, 6.07) is 4.26. The van der Waals surface area contributed by atoms with E-state index in [4.69, 9.17) is 5.26 Å². The minimum Gasteiger partial charge on any atom is -0.316 e. The predicted molar refractivity (Wildman–Crippen MR) is 78.5 cm³/mol. The minimum absolute atomic E-state index is 0.0243. The molecule has 3 rings (SSSR count). The highest BCUT2D eigenvalue weighted by molar-refractivity contribution is 7.14. The fourth-order valence-corrected chi connectivity index (χ4v) is 4.06. The second-order valence-electron chi connectivity index (χ2n) is 5.58. The number of amides is 1. The van der Waals surface area contributed by atoms with Crippen molar-refractivity contribution < 1.29 is 4.79 Å². The molecule has 0 radical (unpaired) electrons. The van der Waals surface area contributed by atoms with Gasteiger partial charge in [0.05, 0.1) is 12.1 Å². The molecule has 2 aliphatic rings. The van der Waals surface area contributed by atoms with E-state index in [-0.39, 0.29) is 5.91 Å². The fourth-order valence-electron chi connectivity index (χ4n) is 3.31. The van der Waals surface area contributed by atoms with Crippen LogP contribution >= 0.6 is 11.3 Å². The molecule has 0 saturated carbocycles. The molecule has 6 heteroatoms. The Hall–Kier alpha value is -1.42. The van der Waals surface area contributed by atoms with Crippen LogP contribution in [0.25, 0.3) is 0 Å². The van der Waals surface area contributed by atoms with Gasteiger partial charge < -0.3 is 10.6 Å². The monoisotopic (exact) mass is 290 g/mol. The van der Waals surface area contributed by atoms with Crippen molar-refractivity contribution in [1.29, 1.82) is 5.26 Å². The van der Waals surface area contributed by atoms with Crippen LogP contribution in [0, 0.1) is 23.2 Å². The van der Waals surface area contributed by atoms with Crippen molar-refractivity contribution in [2.24, 2.45) is 11.8 Å². The standard InChI is InChI=1S/C14H18N4OS/c1-9-12-6-16-5-11(12)7-18(9)8-13(19)17-14-10(4-15)2-3-20-14/h2-3,9,11-12,16H,5-8H2,1H3,(H,17,19). The van der Waals surface area contributed by atoms with Crippen LogP contribution in [-0.2, 0) is 4.79 Å². The first-order valence-electron chi connectivity index (χ1n) is 6.91. The van der Waals surface area contributed by atoms with Gasteiger partial charge in [0.2, 0.25) is 5.91 Å². The quantitative estimate of drug-likeness (QED) is 0.874. The number of likely N-dealkylation sites (tertiary alicyclic amines) is 1. The lowest BCUT2D eigenvalue weighted by molar-refractivity contribution is -0.117. The molecular formula is C14H18N4OS. The third kappa shape index (κ3) is 2.44. The van der Waals surface area contributed by atoms with Gasteiger partial charge in [0.15, 0.2) is 0 Å². The second kappa shape index (κ2) is 5.52. The van der Waals surface area contributed by atoms with Gasteiger partial charge in [0.25, 0.3) is 0 Å². The van der Waals surface area contributed by atoms with E-state index in [0.717, 1.165) is 19.6 Å². The summed E-state index contributed by atoms with van der Waals surface area (Å²) in [5.41, 5.74) is 0.541. The zero-order valence-electron chi connectivity index (χ0n) is 11.4. The van der Waals surface area contributed by atoms with Crippen LogP contribution in [0.3, 0.4) is 0 Å². The Kier molecular flexibility index (Phi) is 3.74. The van der Waals surface area contributed by atoms with Crippen LogP contribution in [0.4, 0.5) is 5.00 Å². The van der Waals surface area contributed by atoms with Crippen molar-refractivity contribution in [2.75, 3.05) is 31.5 Å². The summed E-state index contributed by atoms with van der Waals surface area (Å²) in [5.74, 6) is 1.32. The number of hydrogen-bond donors (Lipinski definition) is 2. The van der Waals surface area contributed by atoms with Crippen molar-refractivity contribution in [2.45, 2.75) is 13.0 Å². The molecular weight excluding hydrogens is 272 g/mol. The fraction of sp³-hybridized carbons (Fsp3) is 0.571. The number of hydrogen-bond acceptors (Lipinski definition) is 5. The maximum Gasteiger partial charge on any atom is 0.239 e. The number of nitrogens with one attached hydrogen (secondary N) is 2. The number of carbonyl (C=O) groups excluding carboxylic acids is 1. The number of rotatable bonds is 3.